The van der Waals surface area contributed by atoms with Crippen LogP contribution in [0.1, 0.15) is 63.4 Å². The second kappa shape index (κ2) is 9.73. The third kappa shape index (κ3) is 4.54. The highest BCUT2D eigenvalue weighted by Gasteiger charge is 2.53. The molecule has 1 amide bonds. The van der Waals surface area contributed by atoms with Crippen LogP contribution in [0.3, 0.4) is 0 Å². The summed E-state index contributed by atoms with van der Waals surface area (Å²) in [6.07, 6.45) is 7.57. The first-order chi connectivity index (χ1) is 14.6. The van der Waals surface area contributed by atoms with Crippen molar-refractivity contribution < 1.29 is 14.3 Å². The number of ether oxygens (including phenoxy) is 1. The molecule has 1 spiro atoms. The average molecular weight is 431 g/mol. The molecule has 0 bridgehead atoms. The molecule has 0 N–H and O–H groups in total. The zero-order valence-electron chi connectivity index (χ0n) is 18.1. The van der Waals surface area contributed by atoms with Crippen LogP contribution in [0.25, 0.3) is 0 Å². The van der Waals surface area contributed by atoms with Crippen molar-refractivity contribution in [1.29, 1.82) is 0 Å². The van der Waals surface area contributed by atoms with Crippen molar-refractivity contribution in [3.8, 4) is 0 Å². The SMILES string of the molecule is CCOC(=O)[C@@H]1CSC2(CCC(c3ccccc3)CC2)N1C(=O)CN1CCCCC1. The third-order valence-corrected chi connectivity index (χ3v) is 8.56. The van der Waals surface area contributed by atoms with Crippen LogP contribution in [0.4, 0.5) is 0 Å². The number of amides is 1. The lowest BCUT2D eigenvalue weighted by atomic mass is 9.80. The van der Waals surface area contributed by atoms with Crippen molar-refractivity contribution in [2.75, 3.05) is 32.0 Å². The van der Waals surface area contributed by atoms with E-state index in [4.69, 9.17) is 4.74 Å². The summed E-state index contributed by atoms with van der Waals surface area (Å²) in [5.41, 5.74) is 1.39. The molecule has 0 radical (unpaired) electrons. The maximum atomic E-state index is 13.5. The molecule has 1 aromatic rings. The number of rotatable bonds is 5. The molecule has 3 aliphatic rings. The Kier molecular flexibility index (Phi) is 7.04. The van der Waals surface area contributed by atoms with Crippen LogP contribution in [-0.4, -0.2) is 64.6 Å². The van der Waals surface area contributed by atoms with Gasteiger partial charge < -0.3 is 9.64 Å². The average Bonchev–Trinajstić information content (AvgIpc) is 3.14. The molecule has 5 nitrogen and oxygen atoms in total. The van der Waals surface area contributed by atoms with E-state index in [9.17, 15) is 9.59 Å². The Morgan fingerprint density at radius 1 is 1.10 bits per heavy atom. The number of nitrogens with zero attached hydrogens (tertiary/aromatic N) is 2. The predicted molar refractivity (Wildman–Crippen MR) is 120 cm³/mol. The van der Waals surface area contributed by atoms with Crippen molar-refractivity contribution in [3.63, 3.8) is 0 Å². The van der Waals surface area contributed by atoms with Crippen LogP contribution in [0.15, 0.2) is 30.3 Å². The van der Waals surface area contributed by atoms with Crippen molar-refractivity contribution in [2.45, 2.75) is 68.7 Å². The molecule has 3 fully saturated rings. The van der Waals surface area contributed by atoms with Gasteiger partial charge in [-0.05, 0) is 70.0 Å². The number of hydrogen-bond acceptors (Lipinski definition) is 5. The lowest BCUT2D eigenvalue weighted by Crippen LogP contribution is -2.56. The molecule has 164 valence electrons. The number of carbonyl (C=O) groups excluding carboxylic acids is 2. The summed E-state index contributed by atoms with van der Waals surface area (Å²) >= 11 is 1.81. The fraction of sp³-hybridized carbons (Fsp3) is 0.667. The number of likely N-dealkylation sites (tertiary alicyclic amines) is 1. The molecule has 2 saturated heterocycles. The van der Waals surface area contributed by atoms with E-state index in [0.29, 0.717) is 24.8 Å². The van der Waals surface area contributed by atoms with Crippen LogP contribution in [0.5, 0.6) is 0 Å². The zero-order valence-corrected chi connectivity index (χ0v) is 18.9. The summed E-state index contributed by atoms with van der Waals surface area (Å²) < 4.78 is 5.36. The van der Waals surface area contributed by atoms with Crippen molar-refractivity contribution in [1.82, 2.24) is 9.80 Å². The van der Waals surface area contributed by atoms with E-state index >= 15 is 0 Å². The van der Waals surface area contributed by atoms with E-state index in [1.54, 1.807) is 0 Å². The quantitative estimate of drug-likeness (QED) is 0.660. The molecule has 2 aliphatic heterocycles. The molecular formula is C24H34N2O3S. The summed E-state index contributed by atoms with van der Waals surface area (Å²) in [6.45, 7) is 4.60. The number of thioether (sulfide) groups is 1. The molecule has 1 aliphatic carbocycles. The molecule has 30 heavy (non-hydrogen) atoms. The van der Waals surface area contributed by atoms with Gasteiger partial charge in [-0.15, -0.1) is 11.8 Å². The van der Waals surface area contributed by atoms with Crippen LogP contribution in [0.2, 0.25) is 0 Å². The van der Waals surface area contributed by atoms with Gasteiger partial charge in [-0.3, -0.25) is 9.69 Å². The fourth-order valence-corrected chi connectivity index (χ4v) is 7.02. The summed E-state index contributed by atoms with van der Waals surface area (Å²) in [5.74, 6) is 1.07. The van der Waals surface area contributed by atoms with E-state index in [2.05, 4.69) is 35.2 Å². The van der Waals surface area contributed by atoms with Gasteiger partial charge in [0.1, 0.15) is 6.04 Å². The second-order valence-electron chi connectivity index (χ2n) is 8.81. The van der Waals surface area contributed by atoms with Crippen LogP contribution in [-0.2, 0) is 14.3 Å². The first-order valence-corrected chi connectivity index (χ1v) is 12.5. The minimum absolute atomic E-state index is 0.109. The van der Waals surface area contributed by atoms with Gasteiger partial charge in [-0.25, -0.2) is 4.79 Å². The summed E-state index contributed by atoms with van der Waals surface area (Å²) in [5, 5.41) is 0. The number of carbonyl (C=O) groups is 2. The van der Waals surface area contributed by atoms with Crippen molar-refractivity contribution in [2.24, 2.45) is 0 Å². The Hall–Kier alpha value is -1.53. The van der Waals surface area contributed by atoms with Gasteiger partial charge in [0.15, 0.2) is 0 Å². The molecule has 4 rings (SSSR count). The van der Waals surface area contributed by atoms with Gasteiger partial charge in [-0.1, -0.05) is 36.8 Å². The van der Waals surface area contributed by atoms with Crippen molar-refractivity contribution >= 4 is 23.6 Å². The summed E-state index contributed by atoms with van der Waals surface area (Å²) in [7, 11) is 0. The normalized spacial score (nSPS) is 29.8. The molecule has 0 aromatic heterocycles. The largest absolute Gasteiger partial charge is 0.464 e. The standard InChI is InChI=1S/C24H34N2O3S/c1-2-29-23(28)21-18-30-24(26(21)22(27)17-25-15-7-4-8-16-25)13-11-20(12-14-24)19-9-5-3-6-10-19/h3,5-6,9-10,20-21H,2,4,7-8,11-18H2,1H3/t20?,21-,24?/m0/s1. The molecule has 1 saturated carbocycles. The monoisotopic (exact) mass is 430 g/mol. The lowest BCUT2D eigenvalue weighted by molar-refractivity contribution is -0.156. The van der Waals surface area contributed by atoms with Gasteiger partial charge in [0.2, 0.25) is 5.91 Å². The van der Waals surface area contributed by atoms with E-state index in [-0.39, 0.29) is 16.7 Å². The minimum atomic E-state index is -0.444. The Bertz CT molecular complexity index is 727. The minimum Gasteiger partial charge on any atom is -0.464 e. The first kappa shape index (κ1) is 21.7. The molecule has 0 unspecified atom stereocenters. The molecule has 6 heteroatoms. The van der Waals surface area contributed by atoms with E-state index in [1.807, 2.05) is 23.6 Å². The highest BCUT2D eigenvalue weighted by Crippen LogP contribution is 2.52. The first-order valence-electron chi connectivity index (χ1n) is 11.5. The molecule has 1 aromatic carbocycles. The topological polar surface area (TPSA) is 49.9 Å². The van der Waals surface area contributed by atoms with Gasteiger partial charge >= 0.3 is 5.97 Å². The molecule has 2 heterocycles. The van der Waals surface area contributed by atoms with E-state index in [0.717, 1.165) is 51.6 Å². The van der Waals surface area contributed by atoms with Crippen LogP contribution < -0.4 is 0 Å². The molecule has 1 atom stereocenters. The van der Waals surface area contributed by atoms with E-state index < -0.39 is 6.04 Å². The maximum Gasteiger partial charge on any atom is 0.329 e. The second-order valence-corrected chi connectivity index (χ2v) is 10.2. The van der Waals surface area contributed by atoms with Gasteiger partial charge in [0.05, 0.1) is 18.0 Å². The summed E-state index contributed by atoms with van der Waals surface area (Å²) in [6, 6.07) is 10.3. The number of piperidine rings is 1. The Balaban J connectivity index is 1.50. The number of hydrogen-bond donors (Lipinski definition) is 0. The highest BCUT2D eigenvalue weighted by atomic mass is 32.2. The van der Waals surface area contributed by atoms with Crippen molar-refractivity contribution in [3.05, 3.63) is 35.9 Å². The third-order valence-electron chi connectivity index (χ3n) is 6.93. The summed E-state index contributed by atoms with van der Waals surface area (Å²) in [4.78, 5) is 30.2. The number of esters is 1. The fourth-order valence-electron chi connectivity index (χ4n) is 5.37. The zero-order chi connectivity index (χ0) is 21.0. The highest BCUT2D eigenvalue weighted by molar-refractivity contribution is 8.01. The molecular weight excluding hydrogens is 396 g/mol. The lowest BCUT2D eigenvalue weighted by Gasteiger charge is -2.45. The van der Waals surface area contributed by atoms with Crippen LogP contribution >= 0.6 is 11.8 Å². The Morgan fingerprint density at radius 3 is 2.47 bits per heavy atom. The van der Waals surface area contributed by atoms with Gasteiger partial charge in [-0.2, -0.15) is 0 Å². The maximum absolute atomic E-state index is 13.5. The van der Waals surface area contributed by atoms with Gasteiger partial charge in [0, 0.05) is 5.75 Å². The van der Waals surface area contributed by atoms with Crippen LogP contribution in [0, 0.1) is 0 Å². The number of benzene rings is 1. The predicted octanol–water partition coefficient (Wildman–Crippen LogP) is 4.03. The Labute approximate surface area is 184 Å². The smallest absolute Gasteiger partial charge is 0.329 e. The van der Waals surface area contributed by atoms with E-state index in [1.165, 1.54) is 12.0 Å². The Morgan fingerprint density at radius 2 is 1.80 bits per heavy atom. The van der Waals surface area contributed by atoms with Gasteiger partial charge in [0.25, 0.3) is 0 Å².